The Bertz CT molecular complexity index is 1610. The van der Waals surface area contributed by atoms with Crippen molar-refractivity contribution in [2.45, 2.75) is 10.9 Å². The summed E-state index contributed by atoms with van der Waals surface area (Å²) in [5.74, 6) is 2.39. The summed E-state index contributed by atoms with van der Waals surface area (Å²) in [6.07, 6.45) is 1.61. The monoisotopic (exact) mass is 569 g/mol. The Morgan fingerprint density at radius 3 is 2.37 bits per heavy atom. The van der Waals surface area contributed by atoms with Crippen LogP contribution in [0.1, 0.15) is 15.9 Å². The molecule has 0 unspecified atom stereocenters. The average molecular weight is 570 g/mol. The normalized spacial score (nSPS) is 13.4. The smallest absolute Gasteiger partial charge is 0.253 e. The highest BCUT2D eigenvalue weighted by atomic mass is 32.2. The number of rotatable bonds is 8. The molecule has 0 atom stereocenters. The lowest BCUT2D eigenvalue weighted by Crippen LogP contribution is -2.49. The molecule has 8 nitrogen and oxygen atoms in total. The van der Waals surface area contributed by atoms with Gasteiger partial charge in [-0.2, -0.15) is 0 Å². The fourth-order valence-electron chi connectivity index (χ4n) is 4.83. The first-order valence-corrected chi connectivity index (χ1v) is 14.2. The molecule has 0 bridgehead atoms. The lowest BCUT2D eigenvalue weighted by atomic mass is 10.1. The summed E-state index contributed by atoms with van der Waals surface area (Å²) in [5.41, 5.74) is 3.17. The predicted octanol–water partition coefficient (Wildman–Crippen LogP) is 5.93. The lowest BCUT2D eigenvalue weighted by Gasteiger charge is -2.36. The third-order valence-electron chi connectivity index (χ3n) is 7.03. The van der Waals surface area contributed by atoms with E-state index in [1.165, 1.54) is 6.07 Å². The van der Waals surface area contributed by atoms with Gasteiger partial charge in [0.1, 0.15) is 11.6 Å². The van der Waals surface area contributed by atoms with Gasteiger partial charge in [0.15, 0.2) is 10.9 Å². The van der Waals surface area contributed by atoms with Crippen molar-refractivity contribution in [3.05, 3.63) is 108 Å². The molecule has 208 valence electrons. The van der Waals surface area contributed by atoms with Crippen LogP contribution in [0, 0.1) is 5.82 Å². The quantitative estimate of drug-likeness (QED) is 0.215. The number of para-hydroxylation sites is 1. The highest BCUT2D eigenvalue weighted by molar-refractivity contribution is 7.98. The van der Waals surface area contributed by atoms with E-state index in [9.17, 15) is 9.18 Å². The molecule has 3 heterocycles. The van der Waals surface area contributed by atoms with Crippen LogP contribution in [0.2, 0.25) is 0 Å². The summed E-state index contributed by atoms with van der Waals surface area (Å²) >= 11 is 1.55. The Labute approximate surface area is 241 Å². The number of aromatic nitrogens is 3. The number of carbonyl (C=O) groups is 1. The van der Waals surface area contributed by atoms with Gasteiger partial charge in [0.2, 0.25) is 5.82 Å². The molecule has 5 aromatic rings. The molecule has 3 aromatic carbocycles. The van der Waals surface area contributed by atoms with Gasteiger partial charge in [0, 0.05) is 37.5 Å². The molecule has 1 fully saturated rings. The van der Waals surface area contributed by atoms with Crippen molar-refractivity contribution < 1.29 is 18.3 Å². The van der Waals surface area contributed by atoms with Crippen molar-refractivity contribution in [2.24, 2.45) is 0 Å². The summed E-state index contributed by atoms with van der Waals surface area (Å²) in [7, 11) is 1.64. The van der Waals surface area contributed by atoms with Crippen LogP contribution < -0.4 is 9.64 Å². The number of piperazine rings is 1. The van der Waals surface area contributed by atoms with E-state index in [0.717, 1.165) is 22.2 Å². The summed E-state index contributed by atoms with van der Waals surface area (Å²) in [6, 6.07) is 25.8. The van der Waals surface area contributed by atoms with Crippen LogP contribution >= 0.6 is 11.8 Å². The Balaban J connectivity index is 1.12. The van der Waals surface area contributed by atoms with Crippen LogP contribution in [-0.2, 0) is 5.75 Å². The van der Waals surface area contributed by atoms with Gasteiger partial charge >= 0.3 is 0 Å². The first-order chi connectivity index (χ1) is 20.1. The van der Waals surface area contributed by atoms with E-state index in [1.807, 2.05) is 81.1 Å². The predicted molar refractivity (Wildman–Crippen MR) is 156 cm³/mol. The van der Waals surface area contributed by atoms with E-state index in [1.54, 1.807) is 37.3 Å². The van der Waals surface area contributed by atoms with Crippen LogP contribution in [0.5, 0.6) is 5.75 Å². The standard InChI is InChI=1S/C31H28FN5O3S/c1-39-25-14-12-24(13-15-25)37-29(28-7-4-20-40-28)33-34-31(37)41-21-22-8-10-23(11-9-22)30(38)36-18-16-35(17-19-36)27-6-3-2-5-26(27)32/h2-15,20H,16-19,21H2,1H3. The Morgan fingerprint density at radius 2 is 1.68 bits per heavy atom. The second kappa shape index (κ2) is 11.9. The summed E-state index contributed by atoms with van der Waals surface area (Å²) in [5, 5.41) is 9.56. The van der Waals surface area contributed by atoms with Crippen LogP contribution in [-0.4, -0.2) is 58.9 Å². The molecule has 1 aliphatic heterocycles. The molecular weight excluding hydrogens is 541 g/mol. The maximum absolute atomic E-state index is 14.2. The molecule has 0 spiro atoms. The van der Waals surface area contributed by atoms with E-state index >= 15 is 0 Å². The number of thioether (sulfide) groups is 1. The van der Waals surface area contributed by atoms with Crippen molar-refractivity contribution in [2.75, 3.05) is 38.2 Å². The Morgan fingerprint density at radius 1 is 0.927 bits per heavy atom. The van der Waals surface area contributed by atoms with Crippen LogP contribution in [0.15, 0.2) is 101 Å². The Hall–Kier alpha value is -4.57. The highest BCUT2D eigenvalue weighted by Gasteiger charge is 2.24. The minimum atomic E-state index is -0.236. The highest BCUT2D eigenvalue weighted by Crippen LogP contribution is 2.31. The van der Waals surface area contributed by atoms with Crippen LogP contribution in [0.4, 0.5) is 10.1 Å². The molecule has 0 N–H and O–H groups in total. The summed E-state index contributed by atoms with van der Waals surface area (Å²) < 4.78 is 27.0. The van der Waals surface area contributed by atoms with Gasteiger partial charge < -0.3 is 19.0 Å². The zero-order valence-corrected chi connectivity index (χ0v) is 23.3. The van der Waals surface area contributed by atoms with E-state index in [0.29, 0.717) is 54.8 Å². The molecular formula is C31H28FN5O3S. The first kappa shape index (κ1) is 26.6. The number of methoxy groups -OCH3 is 1. The molecule has 41 heavy (non-hydrogen) atoms. The molecule has 1 aliphatic rings. The fourth-order valence-corrected chi connectivity index (χ4v) is 5.73. The Kier molecular flexibility index (Phi) is 7.73. The van der Waals surface area contributed by atoms with Crippen molar-refractivity contribution in [3.8, 4) is 23.0 Å². The van der Waals surface area contributed by atoms with Gasteiger partial charge in [-0.25, -0.2) is 4.39 Å². The van der Waals surface area contributed by atoms with E-state index in [2.05, 4.69) is 10.2 Å². The number of halogens is 1. The zero-order chi connectivity index (χ0) is 28.2. The molecule has 0 radical (unpaired) electrons. The van der Waals surface area contributed by atoms with E-state index in [-0.39, 0.29) is 11.7 Å². The third kappa shape index (κ3) is 5.69. The van der Waals surface area contributed by atoms with Crippen LogP contribution in [0.3, 0.4) is 0 Å². The zero-order valence-electron chi connectivity index (χ0n) is 22.4. The molecule has 2 aromatic heterocycles. The number of benzene rings is 3. The number of hydrogen-bond acceptors (Lipinski definition) is 7. The number of amides is 1. The summed E-state index contributed by atoms with van der Waals surface area (Å²) in [6.45, 7) is 2.28. The van der Waals surface area contributed by atoms with Gasteiger partial charge in [-0.15, -0.1) is 10.2 Å². The minimum Gasteiger partial charge on any atom is -0.497 e. The number of hydrogen-bond donors (Lipinski definition) is 0. The lowest BCUT2D eigenvalue weighted by molar-refractivity contribution is 0.0746. The molecule has 0 saturated carbocycles. The number of nitrogens with zero attached hydrogens (tertiary/aromatic N) is 5. The molecule has 1 amide bonds. The van der Waals surface area contributed by atoms with Crippen molar-refractivity contribution in [1.29, 1.82) is 0 Å². The largest absolute Gasteiger partial charge is 0.497 e. The second-order valence-electron chi connectivity index (χ2n) is 9.53. The van der Waals surface area contributed by atoms with Crippen LogP contribution in [0.25, 0.3) is 17.3 Å². The third-order valence-corrected chi connectivity index (χ3v) is 8.03. The van der Waals surface area contributed by atoms with Crippen molar-refractivity contribution >= 4 is 23.4 Å². The van der Waals surface area contributed by atoms with Gasteiger partial charge in [-0.3, -0.25) is 9.36 Å². The molecule has 0 aliphatic carbocycles. The molecule has 6 rings (SSSR count). The van der Waals surface area contributed by atoms with Crippen molar-refractivity contribution in [1.82, 2.24) is 19.7 Å². The number of carbonyl (C=O) groups excluding carboxylic acids is 1. The first-order valence-electron chi connectivity index (χ1n) is 13.2. The maximum Gasteiger partial charge on any atom is 0.253 e. The molecule has 1 saturated heterocycles. The molecule has 10 heteroatoms. The fraction of sp³-hybridized carbons (Fsp3) is 0.194. The number of anilines is 1. The number of furan rings is 1. The maximum atomic E-state index is 14.2. The van der Waals surface area contributed by atoms with Gasteiger partial charge in [0.25, 0.3) is 5.91 Å². The van der Waals surface area contributed by atoms with Gasteiger partial charge in [-0.1, -0.05) is 36.0 Å². The van der Waals surface area contributed by atoms with Gasteiger partial charge in [-0.05, 0) is 66.2 Å². The minimum absolute atomic E-state index is 0.0141. The van der Waals surface area contributed by atoms with Gasteiger partial charge in [0.05, 0.1) is 24.7 Å². The topological polar surface area (TPSA) is 76.6 Å². The van der Waals surface area contributed by atoms with E-state index < -0.39 is 0 Å². The van der Waals surface area contributed by atoms with Crippen molar-refractivity contribution in [3.63, 3.8) is 0 Å². The average Bonchev–Trinajstić information content (AvgIpc) is 3.71. The van der Waals surface area contributed by atoms with E-state index in [4.69, 9.17) is 9.15 Å². The second-order valence-corrected chi connectivity index (χ2v) is 10.5. The summed E-state index contributed by atoms with van der Waals surface area (Å²) in [4.78, 5) is 17.0. The number of ether oxygens (including phenoxy) is 1. The SMILES string of the molecule is COc1ccc(-n2c(SCc3ccc(C(=O)N4CCN(c5ccccc5F)CC4)cc3)nnc2-c2ccco2)cc1.